The topological polar surface area (TPSA) is 17.4 Å². The monoisotopic (exact) mass is 406 g/mol. The van der Waals surface area contributed by atoms with E-state index < -0.39 is 0 Å². The van der Waals surface area contributed by atoms with Crippen LogP contribution in [0.4, 0.5) is 0 Å². The second kappa shape index (κ2) is 8.89. The standard InChI is InChI=1S/C25H27ClN2O/c1-3-27(4-2)15-16-29-24-12-8-11-23-25(24)21-17-20(26)13-14-22(21)28(23)18-19-9-6-5-7-10-19/h5-14,17H,3-4,15-16,18H2,1-2H3. The van der Waals surface area contributed by atoms with Crippen molar-refractivity contribution in [1.82, 2.24) is 9.47 Å². The summed E-state index contributed by atoms with van der Waals surface area (Å²) < 4.78 is 8.62. The van der Waals surface area contributed by atoms with E-state index in [-0.39, 0.29) is 0 Å². The molecule has 0 aliphatic rings. The minimum Gasteiger partial charge on any atom is -0.492 e. The van der Waals surface area contributed by atoms with Crippen molar-refractivity contribution in [3.8, 4) is 5.75 Å². The summed E-state index contributed by atoms with van der Waals surface area (Å²) in [6, 6.07) is 23.0. The van der Waals surface area contributed by atoms with E-state index in [1.165, 1.54) is 16.6 Å². The maximum absolute atomic E-state index is 6.37. The zero-order valence-corrected chi connectivity index (χ0v) is 17.8. The molecule has 0 N–H and O–H groups in total. The lowest BCUT2D eigenvalue weighted by atomic mass is 10.1. The zero-order chi connectivity index (χ0) is 20.2. The van der Waals surface area contributed by atoms with Gasteiger partial charge in [0.15, 0.2) is 0 Å². The fraction of sp³-hybridized carbons (Fsp3) is 0.280. The summed E-state index contributed by atoms with van der Waals surface area (Å²) in [5.41, 5.74) is 3.62. The maximum Gasteiger partial charge on any atom is 0.129 e. The lowest BCUT2D eigenvalue weighted by Gasteiger charge is -2.18. The number of ether oxygens (including phenoxy) is 1. The van der Waals surface area contributed by atoms with E-state index in [1.54, 1.807) is 0 Å². The highest BCUT2D eigenvalue weighted by molar-refractivity contribution is 6.32. The number of aromatic nitrogens is 1. The Labute approximate surface area is 177 Å². The van der Waals surface area contributed by atoms with Gasteiger partial charge < -0.3 is 14.2 Å². The molecule has 0 aliphatic carbocycles. The van der Waals surface area contributed by atoms with Crippen LogP contribution >= 0.6 is 11.6 Å². The van der Waals surface area contributed by atoms with Crippen molar-refractivity contribution < 1.29 is 4.74 Å². The van der Waals surface area contributed by atoms with Crippen molar-refractivity contribution in [3.63, 3.8) is 0 Å². The second-order valence-electron chi connectivity index (χ2n) is 7.26. The molecule has 0 fully saturated rings. The van der Waals surface area contributed by atoms with Crippen LogP contribution in [0.5, 0.6) is 5.75 Å². The highest BCUT2D eigenvalue weighted by Gasteiger charge is 2.15. The molecule has 0 bridgehead atoms. The predicted molar refractivity (Wildman–Crippen MR) is 123 cm³/mol. The van der Waals surface area contributed by atoms with E-state index in [0.717, 1.165) is 47.7 Å². The number of halogens is 1. The fourth-order valence-electron chi connectivity index (χ4n) is 3.97. The number of hydrogen-bond donors (Lipinski definition) is 0. The highest BCUT2D eigenvalue weighted by Crippen LogP contribution is 2.37. The average molecular weight is 407 g/mol. The minimum absolute atomic E-state index is 0.673. The molecule has 0 radical (unpaired) electrons. The molecule has 1 heterocycles. The van der Waals surface area contributed by atoms with Crippen LogP contribution < -0.4 is 4.74 Å². The lowest BCUT2D eigenvalue weighted by molar-refractivity contribution is 0.224. The van der Waals surface area contributed by atoms with Gasteiger partial charge in [-0.15, -0.1) is 0 Å². The third-order valence-electron chi connectivity index (χ3n) is 5.56. The minimum atomic E-state index is 0.673. The number of fused-ring (bicyclic) bond motifs is 3. The Morgan fingerprint density at radius 1 is 0.897 bits per heavy atom. The summed E-state index contributed by atoms with van der Waals surface area (Å²) in [5, 5.41) is 3.02. The fourth-order valence-corrected chi connectivity index (χ4v) is 4.14. The third-order valence-corrected chi connectivity index (χ3v) is 5.79. The largest absolute Gasteiger partial charge is 0.492 e. The van der Waals surface area contributed by atoms with Gasteiger partial charge >= 0.3 is 0 Å². The molecule has 0 atom stereocenters. The molecule has 0 saturated carbocycles. The molecule has 150 valence electrons. The zero-order valence-electron chi connectivity index (χ0n) is 17.1. The van der Waals surface area contributed by atoms with Gasteiger partial charge in [0.2, 0.25) is 0 Å². The van der Waals surface area contributed by atoms with E-state index in [0.29, 0.717) is 6.61 Å². The first-order valence-electron chi connectivity index (χ1n) is 10.3. The van der Waals surface area contributed by atoms with Crippen molar-refractivity contribution in [2.24, 2.45) is 0 Å². The average Bonchev–Trinajstić information content (AvgIpc) is 3.05. The molecule has 4 rings (SSSR count). The summed E-state index contributed by atoms with van der Waals surface area (Å²) in [4.78, 5) is 2.37. The van der Waals surface area contributed by atoms with Gasteiger partial charge in [0.1, 0.15) is 12.4 Å². The smallest absolute Gasteiger partial charge is 0.129 e. The van der Waals surface area contributed by atoms with Crippen LogP contribution in [0.3, 0.4) is 0 Å². The quantitative estimate of drug-likeness (QED) is 0.345. The van der Waals surface area contributed by atoms with Gasteiger partial charge in [0, 0.05) is 34.4 Å². The second-order valence-corrected chi connectivity index (χ2v) is 7.70. The lowest BCUT2D eigenvalue weighted by Crippen LogP contribution is -2.27. The molecule has 3 aromatic carbocycles. The SMILES string of the molecule is CCN(CC)CCOc1cccc2c1c1cc(Cl)ccc1n2Cc1ccccc1. The third kappa shape index (κ3) is 4.12. The predicted octanol–water partition coefficient (Wildman–Crippen LogP) is 6.22. The van der Waals surface area contributed by atoms with Crippen molar-refractivity contribution in [2.45, 2.75) is 20.4 Å². The van der Waals surface area contributed by atoms with E-state index in [9.17, 15) is 0 Å². The summed E-state index contributed by atoms with van der Waals surface area (Å²) in [6.07, 6.45) is 0. The molecule has 1 aromatic heterocycles. The first-order chi connectivity index (χ1) is 14.2. The van der Waals surface area contributed by atoms with Crippen LogP contribution in [0.15, 0.2) is 66.7 Å². The molecule has 4 aromatic rings. The van der Waals surface area contributed by atoms with E-state index >= 15 is 0 Å². The molecule has 4 heteroatoms. The van der Waals surface area contributed by atoms with E-state index in [2.05, 4.69) is 84.0 Å². The van der Waals surface area contributed by atoms with Crippen LogP contribution in [0, 0.1) is 0 Å². The Morgan fingerprint density at radius 3 is 2.45 bits per heavy atom. The van der Waals surface area contributed by atoms with Gasteiger partial charge in [0.25, 0.3) is 0 Å². The highest BCUT2D eigenvalue weighted by atomic mass is 35.5. The number of rotatable bonds is 8. The van der Waals surface area contributed by atoms with Crippen molar-refractivity contribution in [3.05, 3.63) is 77.3 Å². The summed E-state index contributed by atoms with van der Waals surface area (Å²) >= 11 is 6.37. The number of benzene rings is 3. The first-order valence-corrected chi connectivity index (χ1v) is 10.7. The van der Waals surface area contributed by atoms with Gasteiger partial charge in [-0.05, 0) is 49.0 Å². The molecule has 29 heavy (non-hydrogen) atoms. The Kier molecular flexibility index (Phi) is 6.08. The molecule has 0 saturated heterocycles. The number of likely N-dealkylation sites (N-methyl/N-ethyl adjacent to an activating group) is 1. The van der Waals surface area contributed by atoms with Crippen LogP contribution in [0.1, 0.15) is 19.4 Å². The molecule has 3 nitrogen and oxygen atoms in total. The summed E-state index contributed by atoms with van der Waals surface area (Å²) in [5.74, 6) is 0.925. The Morgan fingerprint density at radius 2 is 1.69 bits per heavy atom. The Hall–Kier alpha value is -2.49. The summed E-state index contributed by atoms with van der Waals surface area (Å²) in [6.45, 7) is 8.85. The van der Waals surface area contributed by atoms with Crippen LogP contribution in [0.2, 0.25) is 5.02 Å². The van der Waals surface area contributed by atoms with Gasteiger partial charge in [0.05, 0.1) is 5.52 Å². The van der Waals surface area contributed by atoms with Gasteiger partial charge in [-0.2, -0.15) is 0 Å². The molecule has 0 unspecified atom stereocenters. The van der Waals surface area contributed by atoms with Crippen LogP contribution in [-0.2, 0) is 6.54 Å². The van der Waals surface area contributed by atoms with E-state index in [4.69, 9.17) is 16.3 Å². The van der Waals surface area contributed by atoms with Gasteiger partial charge in [-0.3, -0.25) is 0 Å². The number of hydrogen-bond acceptors (Lipinski definition) is 2. The molecule has 0 aliphatic heterocycles. The molecule has 0 spiro atoms. The van der Waals surface area contributed by atoms with Gasteiger partial charge in [-0.25, -0.2) is 0 Å². The number of nitrogens with zero attached hydrogens (tertiary/aromatic N) is 2. The van der Waals surface area contributed by atoms with Crippen molar-refractivity contribution in [2.75, 3.05) is 26.2 Å². The molecular weight excluding hydrogens is 380 g/mol. The van der Waals surface area contributed by atoms with Gasteiger partial charge in [-0.1, -0.05) is 61.8 Å². The van der Waals surface area contributed by atoms with E-state index in [1.807, 2.05) is 6.07 Å². The normalized spacial score (nSPS) is 11.6. The molecular formula is C25H27ClN2O. The molecule has 0 amide bonds. The first kappa shape index (κ1) is 19.8. The Bertz CT molecular complexity index is 1100. The van der Waals surface area contributed by atoms with Crippen molar-refractivity contribution >= 4 is 33.4 Å². The van der Waals surface area contributed by atoms with Crippen LogP contribution in [0.25, 0.3) is 21.8 Å². The van der Waals surface area contributed by atoms with Crippen molar-refractivity contribution in [1.29, 1.82) is 0 Å². The summed E-state index contributed by atoms with van der Waals surface area (Å²) in [7, 11) is 0. The Balaban J connectivity index is 1.77. The maximum atomic E-state index is 6.37. The van der Waals surface area contributed by atoms with Crippen LogP contribution in [-0.4, -0.2) is 35.7 Å².